The number of oxazole rings is 1. The van der Waals surface area contributed by atoms with Crippen LogP contribution in [0.4, 0.5) is 14.5 Å². The lowest BCUT2D eigenvalue weighted by atomic mass is 9.96. The molecule has 6 nitrogen and oxygen atoms in total. The maximum atomic E-state index is 13.4. The summed E-state index contributed by atoms with van der Waals surface area (Å²) in [6, 6.07) is 8.32. The average Bonchev–Trinajstić information content (AvgIpc) is 3.05. The Kier molecular flexibility index (Phi) is 4.85. The van der Waals surface area contributed by atoms with Crippen LogP contribution < -0.4 is 16.0 Å². The minimum absolute atomic E-state index is 0.236. The topological polar surface area (TPSA) is 78.3 Å². The molecule has 146 valence electrons. The summed E-state index contributed by atoms with van der Waals surface area (Å²) < 4.78 is 31.8. The van der Waals surface area contributed by atoms with E-state index in [1.807, 2.05) is 4.90 Å². The molecular weight excluding hydrogens is 368 g/mol. The molecule has 0 bridgehead atoms. The van der Waals surface area contributed by atoms with Gasteiger partial charge in [0.05, 0.1) is 5.52 Å². The Morgan fingerprint density at radius 2 is 1.86 bits per heavy atom. The molecule has 2 aromatic carbocycles. The molecule has 8 heteroatoms. The Hall–Kier alpha value is -3.16. The highest BCUT2D eigenvalue weighted by molar-refractivity contribution is 5.96. The first-order valence-corrected chi connectivity index (χ1v) is 9.10. The van der Waals surface area contributed by atoms with Gasteiger partial charge >= 0.3 is 5.76 Å². The summed E-state index contributed by atoms with van der Waals surface area (Å²) in [4.78, 5) is 28.0. The van der Waals surface area contributed by atoms with Crippen LogP contribution in [0.3, 0.4) is 0 Å². The van der Waals surface area contributed by atoms with Gasteiger partial charge in [-0.15, -0.1) is 0 Å². The molecule has 28 heavy (non-hydrogen) atoms. The first-order valence-electron chi connectivity index (χ1n) is 9.10. The van der Waals surface area contributed by atoms with Crippen molar-refractivity contribution in [1.29, 1.82) is 0 Å². The number of halogens is 2. The smallest absolute Gasteiger partial charge is 0.408 e. The van der Waals surface area contributed by atoms with Crippen molar-refractivity contribution in [3.63, 3.8) is 0 Å². The second-order valence-electron chi connectivity index (χ2n) is 6.99. The number of aromatic nitrogens is 1. The fourth-order valence-electron chi connectivity index (χ4n) is 3.54. The Morgan fingerprint density at radius 3 is 2.57 bits per heavy atom. The quantitative estimate of drug-likeness (QED) is 0.721. The van der Waals surface area contributed by atoms with Crippen LogP contribution in [0.2, 0.25) is 0 Å². The van der Waals surface area contributed by atoms with Gasteiger partial charge in [0.2, 0.25) is 0 Å². The Morgan fingerprint density at radius 1 is 1.14 bits per heavy atom. The highest BCUT2D eigenvalue weighted by atomic mass is 19.1. The van der Waals surface area contributed by atoms with Gasteiger partial charge in [-0.05, 0) is 49.1 Å². The Bertz CT molecular complexity index is 1050. The Labute approximate surface area is 159 Å². The fraction of sp³-hybridized carbons (Fsp3) is 0.300. The van der Waals surface area contributed by atoms with Crippen LogP contribution in [0.1, 0.15) is 23.2 Å². The first kappa shape index (κ1) is 18.2. The lowest BCUT2D eigenvalue weighted by Crippen LogP contribution is -2.38. The van der Waals surface area contributed by atoms with E-state index in [0.717, 1.165) is 18.9 Å². The van der Waals surface area contributed by atoms with E-state index in [9.17, 15) is 18.4 Å². The summed E-state index contributed by atoms with van der Waals surface area (Å²) in [6.45, 7) is 1.85. The molecule has 0 aliphatic carbocycles. The number of nitrogens with zero attached hydrogens (tertiary/aromatic N) is 1. The molecule has 2 heterocycles. The summed E-state index contributed by atoms with van der Waals surface area (Å²) >= 11 is 0. The SMILES string of the molecule is O=C(NCC1CCN(c2cc(F)cc(F)c2)CC1)c1ccc2[nH]c(=O)oc2c1. The van der Waals surface area contributed by atoms with E-state index in [-0.39, 0.29) is 11.8 Å². The maximum absolute atomic E-state index is 13.4. The third kappa shape index (κ3) is 3.90. The predicted molar refractivity (Wildman–Crippen MR) is 100 cm³/mol. The second kappa shape index (κ2) is 7.46. The number of carbonyl (C=O) groups excluding carboxylic acids is 1. The van der Waals surface area contributed by atoms with E-state index in [4.69, 9.17) is 4.42 Å². The number of anilines is 1. The molecule has 1 saturated heterocycles. The molecular formula is C20H19F2N3O3. The molecule has 0 radical (unpaired) electrons. The molecule has 3 aromatic rings. The molecule has 4 rings (SSSR count). The monoisotopic (exact) mass is 387 g/mol. The number of nitrogens with one attached hydrogen (secondary N) is 2. The number of hydrogen-bond acceptors (Lipinski definition) is 4. The average molecular weight is 387 g/mol. The Balaban J connectivity index is 1.32. The molecule has 2 N–H and O–H groups in total. The summed E-state index contributed by atoms with van der Waals surface area (Å²) in [5.74, 6) is -1.68. The zero-order valence-corrected chi connectivity index (χ0v) is 15.0. The maximum Gasteiger partial charge on any atom is 0.417 e. The van der Waals surface area contributed by atoms with Crippen molar-refractivity contribution < 1.29 is 18.0 Å². The van der Waals surface area contributed by atoms with E-state index in [1.54, 1.807) is 12.1 Å². The molecule has 0 saturated carbocycles. The van der Waals surface area contributed by atoms with Gasteiger partial charge in [-0.3, -0.25) is 9.78 Å². The molecule has 1 fully saturated rings. The minimum atomic E-state index is -0.584. The van der Waals surface area contributed by atoms with Crippen LogP contribution >= 0.6 is 0 Å². The van der Waals surface area contributed by atoms with Crippen LogP contribution in [0.15, 0.2) is 45.6 Å². The van der Waals surface area contributed by atoms with Gasteiger partial charge in [0.25, 0.3) is 5.91 Å². The molecule has 1 amide bonds. The van der Waals surface area contributed by atoms with Crippen molar-refractivity contribution >= 4 is 22.7 Å². The van der Waals surface area contributed by atoms with Gasteiger partial charge in [0.1, 0.15) is 11.6 Å². The molecule has 1 aliphatic heterocycles. The lowest BCUT2D eigenvalue weighted by molar-refractivity contribution is 0.0945. The highest BCUT2D eigenvalue weighted by Crippen LogP contribution is 2.24. The third-order valence-corrected chi connectivity index (χ3v) is 5.06. The van der Waals surface area contributed by atoms with Crippen molar-refractivity contribution in [3.05, 3.63) is 64.1 Å². The van der Waals surface area contributed by atoms with E-state index in [0.29, 0.717) is 42.0 Å². The summed E-state index contributed by atoms with van der Waals surface area (Å²) in [7, 11) is 0. The predicted octanol–water partition coefficient (Wildman–Crippen LogP) is 3.05. The number of fused-ring (bicyclic) bond motifs is 1. The van der Waals surface area contributed by atoms with Crippen LogP contribution in [-0.2, 0) is 0 Å². The molecule has 0 spiro atoms. The van der Waals surface area contributed by atoms with Crippen molar-refractivity contribution in [2.45, 2.75) is 12.8 Å². The zero-order chi connectivity index (χ0) is 19.7. The molecule has 0 atom stereocenters. The summed E-state index contributed by atoms with van der Waals surface area (Å²) in [6.07, 6.45) is 1.62. The minimum Gasteiger partial charge on any atom is -0.408 e. The van der Waals surface area contributed by atoms with Crippen LogP contribution in [0.25, 0.3) is 11.1 Å². The highest BCUT2D eigenvalue weighted by Gasteiger charge is 2.21. The molecule has 1 aromatic heterocycles. The van der Waals surface area contributed by atoms with Crippen molar-refractivity contribution in [2.75, 3.05) is 24.5 Å². The number of carbonyl (C=O) groups is 1. The van der Waals surface area contributed by atoms with E-state index >= 15 is 0 Å². The lowest BCUT2D eigenvalue weighted by Gasteiger charge is -2.33. The normalized spacial score (nSPS) is 15.1. The van der Waals surface area contributed by atoms with Crippen molar-refractivity contribution in [2.24, 2.45) is 5.92 Å². The third-order valence-electron chi connectivity index (χ3n) is 5.06. The number of piperidine rings is 1. The number of rotatable bonds is 4. The largest absolute Gasteiger partial charge is 0.417 e. The van der Waals surface area contributed by atoms with Gasteiger partial charge in [-0.25, -0.2) is 13.6 Å². The van der Waals surface area contributed by atoms with E-state index < -0.39 is 17.4 Å². The number of H-pyrrole nitrogens is 1. The summed E-state index contributed by atoms with van der Waals surface area (Å²) in [5.41, 5.74) is 1.85. The van der Waals surface area contributed by atoms with Crippen LogP contribution in [0.5, 0.6) is 0 Å². The van der Waals surface area contributed by atoms with Crippen molar-refractivity contribution in [1.82, 2.24) is 10.3 Å². The number of amides is 1. The fourth-order valence-corrected chi connectivity index (χ4v) is 3.54. The van der Waals surface area contributed by atoms with E-state index in [1.165, 1.54) is 18.2 Å². The number of aromatic amines is 1. The van der Waals surface area contributed by atoms with Crippen LogP contribution in [0, 0.1) is 17.6 Å². The second-order valence-corrected chi connectivity index (χ2v) is 6.99. The molecule has 1 aliphatic rings. The summed E-state index contributed by atoms with van der Waals surface area (Å²) in [5, 5.41) is 2.91. The number of hydrogen-bond donors (Lipinski definition) is 2. The number of benzene rings is 2. The van der Waals surface area contributed by atoms with Crippen LogP contribution in [-0.4, -0.2) is 30.5 Å². The van der Waals surface area contributed by atoms with Gasteiger partial charge in [0, 0.05) is 37.0 Å². The van der Waals surface area contributed by atoms with Gasteiger partial charge in [-0.1, -0.05) is 0 Å². The van der Waals surface area contributed by atoms with Crippen molar-refractivity contribution in [3.8, 4) is 0 Å². The first-order chi connectivity index (χ1) is 13.5. The molecule has 0 unspecified atom stereocenters. The van der Waals surface area contributed by atoms with Gasteiger partial charge in [0.15, 0.2) is 5.58 Å². The van der Waals surface area contributed by atoms with E-state index in [2.05, 4.69) is 10.3 Å². The van der Waals surface area contributed by atoms with Gasteiger partial charge in [-0.2, -0.15) is 0 Å². The zero-order valence-electron chi connectivity index (χ0n) is 15.0. The van der Waals surface area contributed by atoms with Gasteiger partial charge < -0.3 is 14.6 Å². The standard InChI is InChI=1S/C20H19F2N3O3/c21-14-8-15(22)10-16(9-14)25-5-3-12(4-6-25)11-23-19(26)13-1-2-17-18(7-13)28-20(27)24-17/h1-2,7-10,12H,3-6,11H2,(H,23,26)(H,24,27).